The highest BCUT2D eigenvalue weighted by molar-refractivity contribution is 7.90. The van der Waals surface area contributed by atoms with E-state index >= 15 is 0 Å². The summed E-state index contributed by atoms with van der Waals surface area (Å²) in [6.45, 7) is 1.53. The third-order valence-electron chi connectivity index (χ3n) is 4.72. The number of amides is 1. The van der Waals surface area contributed by atoms with Gasteiger partial charge in [-0.3, -0.25) is 19.7 Å². The van der Waals surface area contributed by atoms with Crippen LogP contribution in [0.1, 0.15) is 16.2 Å². The number of aryl methyl sites for hydroxylation is 1. The van der Waals surface area contributed by atoms with E-state index in [4.69, 9.17) is 0 Å². The summed E-state index contributed by atoms with van der Waals surface area (Å²) >= 11 is 0. The van der Waals surface area contributed by atoms with Crippen molar-refractivity contribution in [3.8, 4) is 5.69 Å². The fourth-order valence-electron chi connectivity index (χ4n) is 3.07. The number of hydrogen-bond acceptors (Lipinski definition) is 8. The Bertz CT molecular complexity index is 1440. The number of anilines is 1. The molecule has 34 heavy (non-hydrogen) atoms. The molecule has 1 heterocycles. The number of hydrogen-bond donors (Lipinski definition) is 2. The van der Waals surface area contributed by atoms with Crippen molar-refractivity contribution in [2.75, 3.05) is 24.7 Å². The number of carbonyl (C=O) groups is 1. The average Bonchev–Trinajstić information content (AvgIpc) is 2.76. The molecular formula is C21H20FN5O6S. The monoisotopic (exact) mass is 489 g/mol. The topological polar surface area (TPSA) is 153 Å². The Morgan fingerprint density at radius 1 is 1.18 bits per heavy atom. The summed E-state index contributed by atoms with van der Waals surface area (Å²) in [5, 5.41) is 20.5. The maximum Gasteiger partial charge on any atom is 0.293 e. The quantitative estimate of drug-likeness (QED) is 0.276. The van der Waals surface area contributed by atoms with E-state index in [1.54, 1.807) is 13.0 Å². The molecule has 0 atom stereocenters. The van der Waals surface area contributed by atoms with Crippen LogP contribution in [0.3, 0.4) is 0 Å². The molecular weight excluding hydrogens is 469 g/mol. The maximum absolute atomic E-state index is 14.1. The molecule has 1 amide bonds. The van der Waals surface area contributed by atoms with E-state index < -0.39 is 43.3 Å². The molecule has 0 aliphatic carbocycles. The van der Waals surface area contributed by atoms with Gasteiger partial charge in [0.05, 0.1) is 9.82 Å². The lowest BCUT2D eigenvalue weighted by atomic mass is 10.2. The van der Waals surface area contributed by atoms with E-state index in [9.17, 15) is 32.5 Å². The molecule has 3 aromatic rings. The first-order valence-electron chi connectivity index (χ1n) is 9.85. The van der Waals surface area contributed by atoms with Crippen molar-refractivity contribution >= 4 is 27.1 Å². The highest BCUT2D eigenvalue weighted by Gasteiger charge is 2.19. The van der Waals surface area contributed by atoms with Gasteiger partial charge in [0.2, 0.25) is 5.43 Å². The predicted octanol–water partition coefficient (Wildman–Crippen LogP) is 1.83. The van der Waals surface area contributed by atoms with Crippen molar-refractivity contribution in [3.63, 3.8) is 0 Å². The lowest BCUT2D eigenvalue weighted by Gasteiger charge is -2.12. The summed E-state index contributed by atoms with van der Waals surface area (Å²) in [5.74, 6) is -1.39. The van der Waals surface area contributed by atoms with Crippen molar-refractivity contribution in [2.24, 2.45) is 0 Å². The Morgan fingerprint density at radius 3 is 2.53 bits per heavy atom. The molecule has 0 saturated heterocycles. The summed E-state index contributed by atoms with van der Waals surface area (Å²) in [7, 11) is -3.63. The number of benzene rings is 2. The van der Waals surface area contributed by atoms with E-state index in [-0.39, 0.29) is 29.4 Å². The molecule has 0 bridgehead atoms. The van der Waals surface area contributed by atoms with Crippen LogP contribution < -0.4 is 16.1 Å². The lowest BCUT2D eigenvalue weighted by Crippen LogP contribution is -2.34. The van der Waals surface area contributed by atoms with Gasteiger partial charge in [-0.15, -0.1) is 0 Å². The van der Waals surface area contributed by atoms with Crippen LogP contribution in [0.4, 0.5) is 15.8 Å². The van der Waals surface area contributed by atoms with Gasteiger partial charge in [-0.05, 0) is 31.2 Å². The van der Waals surface area contributed by atoms with Crippen molar-refractivity contribution in [3.05, 3.63) is 86.1 Å². The minimum atomic E-state index is -3.63. The van der Waals surface area contributed by atoms with Crippen LogP contribution >= 0.6 is 0 Å². The van der Waals surface area contributed by atoms with Crippen LogP contribution in [0.2, 0.25) is 0 Å². The molecule has 0 radical (unpaired) electrons. The molecule has 1 aromatic heterocycles. The highest BCUT2D eigenvalue weighted by atomic mass is 32.2. The SMILES string of the molecule is Cc1cc(=O)c(C(=O)NCCNc2ccc(S(C)(=O)=O)cc2[N+](=O)[O-])nn1-c1ccccc1F. The van der Waals surface area contributed by atoms with Crippen molar-refractivity contribution < 1.29 is 22.5 Å². The molecule has 0 aliphatic heterocycles. The van der Waals surface area contributed by atoms with E-state index in [0.717, 1.165) is 17.0 Å². The number of nitrogens with zero attached hydrogens (tertiary/aromatic N) is 3. The number of nitro benzene ring substituents is 1. The zero-order valence-electron chi connectivity index (χ0n) is 18.1. The van der Waals surface area contributed by atoms with Crippen LogP contribution in [-0.4, -0.2) is 48.4 Å². The van der Waals surface area contributed by atoms with Gasteiger partial charge in [0, 0.05) is 37.2 Å². The Kier molecular flexibility index (Phi) is 7.05. The van der Waals surface area contributed by atoms with Gasteiger partial charge in [-0.25, -0.2) is 17.5 Å². The van der Waals surface area contributed by atoms with E-state index in [1.807, 2.05) is 0 Å². The number of para-hydroxylation sites is 1. The zero-order valence-corrected chi connectivity index (χ0v) is 18.9. The second-order valence-electron chi connectivity index (χ2n) is 7.25. The van der Waals surface area contributed by atoms with Crippen LogP contribution in [0.15, 0.2) is 58.2 Å². The van der Waals surface area contributed by atoms with Gasteiger partial charge in [0.1, 0.15) is 17.2 Å². The highest BCUT2D eigenvalue weighted by Crippen LogP contribution is 2.27. The normalized spacial score (nSPS) is 11.1. The smallest absolute Gasteiger partial charge is 0.293 e. The third-order valence-corrected chi connectivity index (χ3v) is 5.83. The standard InChI is InChI=1S/C21H20FN5O6S/c1-13-11-19(28)20(25-26(13)17-6-4-3-5-15(17)22)21(29)24-10-9-23-16-8-7-14(34(2,32)33)12-18(16)27(30)31/h3-8,11-12,23H,9-10H2,1-2H3,(H,24,29). The number of carbonyl (C=O) groups excluding carboxylic acids is 1. The number of halogens is 1. The van der Waals surface area contributed by atoms with Crippen molar-refractivity contribution in [1.82, 2.24) is 15.1 Å². The first kappa shape index (κ1) is 24.5. The number of aromatic nitrogens is 2. The summed E-state index contributed by atoms with van der Waals surface area (Å²) in [5.41, 5.74) is -1.08. The minimum absolute atomic E-state index is 0.0260. The number of nitrogens with one attached hydrogen (secondary N) is 2. The molecule has 2 aromatic carbocycles. The Morgan fingerprint density at radius 2 is 1.88 bits per heavy atom. The largest absolute Gasteiger partial charge is 0.378 e. The molecule has 0 aliphatic rings. The van der Waals surface area contributed by atoms with Crippen LogP contribution in [-0.2, 0) is 9.84 Å². The molecule has 2 N–H and O–H groups in total. The van der Waals surface area contributed by atoms with Gasteiger partial charge < -0.3 is 10.6 Å². The third kappa shape index (κ3) is 5.43. The predicted molar refractivity (Wildman–Crippen MR) is 122 cm³/mol. The minimum Gasteiger partial charge on any atom is -0.378 e. The van der Waals surface area contributed by atoms with Gasteiger partial charge >= 0.3 is 0 Å². The summed E-state index contributed by atoms with van der Waals surface area (Å²) < 4.78 is 38.6. The summed E-state index contributed by atoms with van der Waals surface area (Å²) in [6.07, 6.45) is 0.938. The number of nitro groups is 1. The first-order chi connectivity index (χ1) is 16.0. The van der Waals surface area contributed by atoms with E-state index in [2.05, 4.69) is 15.7 Å². The van der Waals surface area contributed by atoms with Crippen molar-refractivity contribution in [1.29, 1.82) is 0 Å². The van der Waals surface area contributed by atoms with Crippen LogP contribution in [0.25, 0.3) is 5.69 Å². The molecule has 11 nitrogen and oxygen atoms in total. The van der Waals surface area contributed by atoms with Gasteiger partial charge in [0.25, 0.3) is 11.6 Å². The molecule has 3 rings (SSSR count). The van der Waals surface area contributed by atoms with Crippen LogP contribution in [0.5, 0.6) is 0 Å². The van der Waals surface area contributed by atoms with Gasteiger partial charge in [-0.1, -0.05) is 12.1 Å². The summed E-state index contributed by atoms with van der Waals surface area (Å²) in [6, 6.07) is 10.3. The van der Waals surface area contributed by atoms with E-state index in [1.165, 1.54) is 36.4 Å². The lowest BCUT2D eigenvalue weighted by molar-refractivity contribution is -0.384. The molecule has 0 saturated carbocycles. The Hall–Kier alpha value is -4.13. The van der Waals surface area contributed by atoms with Gasteiger partial charge in [0.15, 0.2) is 15.5 Å². The zero-order chi connectivity index (χ0) is 25.0. The molecule has 0 spiro atoms. The number of sulfone groups is 1. The molecule has 0 fully saturated rings. The second-order valence-corrected chi connectivity index (χ2v) is 9.27. The van der Waals surface area contributed by atoms with E-state index in [0.29, 0.717) is 5.69 Å². The van der Waals surface area contributed by atoms with Gasteiger partial charge in [-0.2, -0.15) is 5.10 Å². The fraction of sp³-hybridized carbons (Fsp3) is 0.190. The first-order valence-corrected chi connectivity index (χ1v) is 11.7. The molecule has 13 heteroatoms. The fourth-order valence-corrected chi connectivity index (χ4v) is 3.71. The molecule has 178 valence electrons. The Balaban J connectivity index is 1.72. The average molecular weight is 489 g/mol. The maximum atomic E-state index is 14.1. The molecule has 0 unspecified atom stereocenters. The second kappa shape index (κ2) is 9.79. The van der Waals surface area contributed by atoms with Crippen LogP contribution in [0, 0.1) is 22.9 Å². The van der Waals surface area contributed by atoms with Crippen molar-refractivity contribution in [2.45, 2.75) is 11.8 Å². The summed E-state index contributed by atoms with van der Waals surface area (Å²) in [4.78, 5) is 35.1. The number of rotatable bonds is 8. The Labute approximate surface area is 193 Å².